The average molecular weight is 395 g/mol. The molecule has 7 heteroatoms. The number of rotatable bonds is 4. The lowest BCUT2D eigenvalue weighted by Gasteiger charge is -2.37. The van der Waals surface area contributed by atoms with E-state index in [1.54, 1.807) is 0 Å². The number of nitrogens with one attached hydrogen (secondary N) is 1. The van der Waals surface area contributed by atoms with E-state index in [0.29, 0.717) is 6.54 Å². The van der Waals surface area contributed by atoms with Gasteiger partial charge < -0.3 is 24.8 Å². The minimum absolute atomic E-state index is 0.714. The Hall–Kier alpha value is -2.80. The number of para-hydroxylation sites is 1. The fourth-order valence-corrected chi connectivity index (χ4v) is 3.95. The lowest BCUT2D eigenvalue weighted by Crippen LogP contribution is -2.52. The van der Waals surface area contributed by atoms with E-state index in [0.717, 1.165) is 64.3 Å². The summed E-state index contributed by atoms with van der Waals surface area (Å²) in [6.07, 6.45) is 1.87. The van der Waals surface area contributed by atoms with Crippen LogP contribution in [0.15, 0.2) is 53.7 Å². The highest BCUT2D eigenvalue weighted by Gasteiger charge is 2.21. The van der Waals surface area contributed by atoms with Crippen molar-refractivity contribution in [2.24, 2.45) is 4.99 Å². The number of aromatic nitrogens is 1. The van der Waals surface area contributed by atoms with Crippen LogP contribution in [0.2, 0.25) is 0 Å². The normalized spacial score (nSPS) is 18.1. The van der Waals surface area contributed by atoms with Crippen molar-refractivity contribution in [1.82, 2.24) is 15.2 Å². The Morgan fingerprint density at radius 3 is 2.45 bits per heavy atom. The molecule has 1 N–H and O–H groups in total. The summed E-state index contributed by atoms with van der Waals surface area (Å²) in [4.78, 5) is 16.2. The van der Waals surface area contributed by atoms with Crippen LogP contribution in [-0.2, 0) is 11.3 Å². The second kappa shape index (κ2) is 9.60. The van der Waals surface area contributed by atoms with Crippen molar-refractivity contribution >= 4 is 17.5 Å². The van der Waals surface area contributed by atoms with Gasteiger partial charge in [-0.15, -0.1) is 0 Å². The SMILES string of the molecule is CN=C(NCc1cccnc1N1CCOCC1)N1CCN(c2ccccc2)CC1. The van der Waals surface area contributed by atoms with Gasteiger partial charge in [-0.1, -0.05) is 24.3 Å². The molecule has 0 spiro atoms. The van der Waals surface area contributed by atoms with Crippen LogP contribution in [0.4, 0.5) is 11.5 Å². The van der Waals surface area contributed by atoms with Gasteiger partial charge in [-0.05, 0) is 18.2 Å². The monoisotopic (exact) mass is 394 g/mol. The molecule has 1 aromatic carbocycles. The number of nitrogens with zero attached hydrogens (tertiary/aromatic N) is 5. The molecule has 1 aromatic heterocycles. The van der Waals surface area contributed by atoms with E-state index in [9.17, 15) is 0 Å². The molecule has 0 bridgehead atoms. The van der Waals surface area contributed by atoms with Gasteiger partial charge in [0.25, 0.3) is 0 Å². The lowest BCUT2D eigenvalue weighted by molar-refractivity contribution is 0.122. The quantitative estimate of drug-likeness (QED) is 0.631. The predicted molar refractivity (Wildman–Crippen MR) is 118 cm³/mol. The van der Waals surface area contributed by atoms with Gasteiger partial charge in [-0.25, -0.2) is 4.98 Å². The Morgan fingerprint density at radius 1 is 0.966 bits per heavy atom. The summed E-state index contributed by atoms with van der Waals surface area (Å²) in [6.45, 7) is 7.92. The molecule has 2 aliphatic heterocycles. The van der Waals surface area contributed by atoms with Crippen molar-refractivity contribution in [2.45, 2.75) is 6.54 Å². The zero-order valence-electron chi connectivity index (χ0n) is 17.1. The molecule has 0 saturated carbocycles. The largest absolute Gasteiger partial charge is 0.378 e. The lowest BCUT2D eigenvalue weighted by atomic mass is 10.2. The van der Waals surface area contributed by atoms with Crippen molar-refractivity contribution in [3.05, 3.63) is 54.2 Å². The van der Waals surface area contributed by atoms with Gasteiger partial charge in [0.2, 0.25) is 0 Å². The van der Waals surface area contributed by atoms with Crippen molar-refractivity contribution in [3.8, 4) is 0 Å². The van der Waals surface area contributed by atoms with E-state index >= 15 is 0 Å². The maximum absolute atomic E-state index is 5.48. The summed E-state index contributed by atoms with van der Waals surface area (Å²) < 4.78 is 5.48. The van der Waals surface area contributed by atoms with Crippen molar-refractivity contribution < 1.29 is 4.74 Å². The van der Waals surface area contributed by atoms with Crippen LogP contribution in [0, 0.1) is 0 Å². The van der Waals surface area contributed by atoms with Gasteiger partial charge in [-0.3, -0.25) is 4.99 Å². The van der Waals surface area contributed by atoms with E-state index in [1.165, 1.54) is 11.3 Å². The zero-order valence-corrected chi connectivity index (χ0v) is 17.1. The summed E-state index contributed by atoms with van der Waals surface area (Å²) >= 11 is 0. The van der Waals surface area contributed by atoms with Crippen LogP contribution in [0.5, 0.6) is 0 Å². The third-order valence-corrected chi connectivity index (χ3v) is 5.53. The standard InChI is InChI=1S/C22H30N6O/c1-23-22(28-12-10-26(11-13-28)20-7-3-2-4-8-20)25-18-19-6-5-9-24-21(19)27-14-16-29-17-15-27/h2-9H,10-18H2,1H3,(H,23,25). The van der Waals surface area contributed by atoms with Gasteiger partial charge in [0.1, 0.15) is 5.82 Å². The zero-order chi connectivity index (χ0) is 19.9. The van der Waals surface area contributed by atoms with Gasteiger partial charge in [-0.2, -0.15) is 0 Å². The molecule has 29 heavy (non-hydrogen) atoms. The highest BCUT2D eigenvalue weighted by atomic mass is 16.5. The molecular weight excluding hydrogens is 364 g/mol. The second-order valence-corrected chi connectivity index (χ2v) is 7.30. The van der Waals surface area contributed by atoms with Gasteiger partial charge in [0.15, 0.2) is 5.96 Å². The average Bonchev–Trinajstić information content (AvgIpc) is 2.81. The molecule has 7 nitrogen and oxygen atoms in total. The summed E-state index contributed by atoms with van der Waals surface area (Å²) in [5.74, 6) is 2.00. The molecular formula is C22H30N6O. The summed E-state index contributed by atoms with van der Waals surface area (Å²) in [5.41, 5.74) is 2.49. The molecule has 0 unspecified atom stereocenters. The van der Waals surface area contributed by atoms with Gasteiger partial charge in [0.05, 0.1) is 13.2 Å². The van der Waals surface area contributed by atoms with Crippen LogP contribution in [0.25, 0.3) is 0 Å². The molecule has 0 aliphatic carbocycles. The van der Waals surface area contributed by atoms with E-state index in [2.05, 4.69) is 66.4 Å². The van der Waals surface area contributed by atoms with Crippen molar-refractivity contribution in [3.63, 3.8) is 0 Å². The first-order valence-corrected chi connectivity index (χ1v) is 10.4. The van der Waals surface area contributed by atoms with E-state index in [1.807, 2.05) is 19.3 Å². The van der Waals surface area contributed by atoms with E-state index < -0.39 is 0 Å². The van der Waals surface area contributed by atoms with Crippen LogP contribution < -0.4 is 15.1 Å². The van der Waals surface area contributed by atoms with Crippen LogP contribution in [0.3, 0.4) is 0 Å². The first kappa shape index (κ1) is 19.5. The highest BCUT2D eigenvalue weighted by molar-refractivity contribution is 5.80. The topological polar surface area (TPSA) is 56.2 Å². The van der Waals surface area contributed by atoms with Crippen molar-refractivity contribution in [1.29, 1.82) is 0 Å². The number of anilines is 2. The smallest absolute Gasteiger partial charge is 0.194 e. The fourth-order valence-electron chi connectivity index (χ4n) is 3.95. The maximum atomic E-state index is 5.48. The van der Waals surface area contributed by atoms with Crippen molar-refractivity contribution in [2.75, 3.05) is 69.3 Å². The summed E-state index contributed by atoms with van der Waals surface area (Å²) in [6, 6.07) is 14.8. The molecule has 3 heterocycles. The minimum Gasteiger partial charge on any atom is -0.378 e. The number of hydrogen-bond acceptors (Lipinski definition) is 5. The highest BCUT2D eigenvalue weighted by Crippen LogP contribution is 2.19. The van der Waals surface area contributed by atoms with E-state index in [4.69, 9.17) is 4.74 Å². The van der Waals surface area contributed by atoms with Gasteiger partial charge >= 0.3 is 0 Å². The Labute approximate surface area is 173 Å². The first-order chi connectivity index (χ1) is 14.3. The second-order valence-electron chi connectivity index (χ2n) is 7.30. The number of aliphatic imine (C=N–C) groups is 1. The number of benzene rings is 1. The minimum atomic E-state index is 0.714. The summed E-state index contributed by atoms with van der Waals surface area (Å²) in [7, 11) is 1.86. The number of morpholine rings is 1. The van der Waals surface area contributed by atoms with Crippen LogP contribution >= 0.6 is 0 Å². The fraction of sp³-hybridized carbons (Fsp3) is 0.455. The molecule has 0 atom stereocenters. The number of hydrogen-bond donors (Lipinski definition) is 1. The molecule has 2 aliphatic rings. The first-order valence-electron chi connectivity index (χ1n) is 10.4. The number of guanidine groups is 1. The third kappa shape index (κ3) is 4.79. The molecule has 2 fully saturated rings. The molecule has 0 amide bonds. The molecule has 2 aromatic rings. The molecule has 4 rings (SSSR count). The van der Waals surface area contributed by atoms with E-state index in [-0.39, 0.29) is 0 Å². The Kier molecular flexibility index (Phi) is 6.46. The third-order valence-electron chi connectivity index (χ3n) is 5.53. The van der Waals surface area contributed by atoms with Crippen LogP contribution in [0.1, 0.15) is 5.56 Å². The number of ether oxygens (including phenoxy) is 1. The maximum Gasteiger partial charge on any atom is 0.194 e. The Balaban J connectivity index is 1.35. The predicted octanol–water partition coefficient (Wildman–Crippen LogP) is 1.82. The molecule has 0 radical (unpaired) electrons. The number of piperazine rings is 1. The van der Waals surface area contributed by atoms with Crippen LogP contribution in [-0.4, -0.2) is 75.4 Å². The van der Waals surface area contributed by atoms with Gasteiger partial charge in [0, 0.05) is 70.3 Å². The molecule has 154 valence electrons. The Morgan fingerprint density at radius 2 is 1.72 bits per heavy atom. The molecule has 2 saturated heterocycles. The Bertz CT molecular complexity index is 798. The summed E-state index contributed by atoms with van der Waals surface area (Å²) in [5, 5.41) is 3.55. The number of pyridine rings is 1.